The minimum Gasteiger partial charge on any atom is -0.455 e. The first-order valence-corrected chi connectivity index (χ1v) is 7.12. The van der Waals surface area contributed by atoms with Crippen molar-refractivity contribution in [2.75, 3.05) is 19.7 Å². The average Bonchev–Trinajstić information content (AvgIpc) is 2.46. The zero-order chi connectivity index (χ0) is 14.4. The van der Waals surface area contributed by atoms with Gasteiger partial charge in [-0.2, -0.15) is 0 Å². The van der Waals surface area contributed by atoms with E-state index in [-0.39, 0.29) is 24.9 Å². The number of benzene rings is 1. The molecule has 0 radical (unpaired) electrons. The highest BCUT2D eigenvalue weighted by Gasteiger charge is 2.21. The molecular formula is C16H21NO3. The molecule has 4 nitrogen and oxygen atoms in total. The fourth-order valence-corrected chi connectivity index (χ4v) is 2.46. The highest BCUT2D eigenvalue weighted by atomic mass is 16.5. The maximum atomic E-state index is 11.9. The van der Waals surface area contributed by atoms with Crippen molar-refractivity contribution in [2.24, 2.45) is 5.92 Å². The van der Waals surface area contributed by atoms with Gasteiger partial charge in [-0.1, -0.05) is 37.3 Å². The van der Waals surface area contributed by atoms with Gasteiger partial charge in [-0.15, -0.1) is 0 Å². The molecule has 0 bridgehead atoms. The predicted molar refractivity (Wildman–Crippen MR) is 76.1 cm³/mol. The van der Waals surface area contributed by atoms with Crippen LogP contribution in [0.4, 0.5) is 0 Å². The monoisotopic (exact) mass is 275 g/mol. The lowest BCUT2D eigenvalue weighted by Gasteiger charge is -2.30. The number of carbonyl (C=O) groups is 2. The summed E-state index contributed by atoms with van der Waals surface area (Å²) < 4.78 is 5.07. The number of nitrogens with zero attached hydrogens (tertiary/aromatic N) is 1. The Bertz CT molecular complexity index is 458. The SMILES string of the molecule is CC1CCCN(C(=O)COC(=O)Cc2ccccc2)C1. The van der Waals surface area contributed by atoms with Gasteiger partial charge in [-0.05, 0) is 24.3 Å². The molecule has 0 spiro atoms. The van der Waals surface area contributed by atoms with Crippen LogP contribution in [0.3, 0.4) is 0 Å². The lowest BCUT2D eigenvalue weighted by Crippen LogP contribution is -2.41. The third-order valence-electron chi connectivity index (χ3n) is 3.56. The molecule has 1 aliphatic rings. The second kappa shape index (κ2) is 7.08. The van der Waals surface area contributed by atoms with Crippen molar-refractivity contribution in [1.82, 2.24) is 4.90 Å². The molecule has 0 N–H and O–H groups in total. The molecule has 1 heterocycles. The summed E-state index contributed by atoms with van der Waals surface area (Å²) in [6, 6.07) is 9.40. The Labute approximate surface area is 119 Å². The number of ether oxygens (including phenoxy) is 1. The number of esters is 1. The number of likely N-dealkylation sites (tertiary alicyclic amines) is 1. The summed E-state index contributed by atoms with van der Waals surface area (Å²) in [5.41, 5.74) is 0.900. The highest BCUT2D eigenvalue weighted by Crippen LogP contribution is 2.15. The van der Waals surface area contributed by atoms with E-state index >= 15 is 0 Å². The van der Waals surface area contributed by atoms with Gasteiger partial charge in [-0.3, -0.25) is 9.59 Å². The number of hydrogen-bond donors (Lipinski definition) is 0. The van der Waals surface area contributed by atoms with E-state index in [1.54, 1.807) is 4.90 Å². The molecule has 0 aliphatic carbocycles. The van der Waals surface area contributed by atoms with Crippen LogP contribution in [-0.4, -0.2) is 36.5 Å². The summed E-state index contributed by atoms with van der Waals surface area (Å²) >= 11 is 0. The summed E-state index contributed by atoms with van der Waals surface area (Å²) in [4.78, 5) is 25.4. The van der Waals surface area contributed by atoms with Crippen LogP contribution in [0.2, 0.25) is 0 Å². The third kappa shape index (κ3) is 4.37. The molecule has 1 amide bonds. The normalized spacial score (nSPS) is 18.6. The van der Waals surface area contributed by atoms with Crippen LogP contribution in [-0.2, 0) is 20.7 Å². The first-order chi connectivity index (χ1) is 9.65. The Morgan fingerprint density at radius 3 is 2.75 bits per heavy atom. The summed E-state index contributed by atoms with van der Waals surface area (Å²) in [6.45, 7) is 3.55. The molecule has 1 unspecified atom stereocenters. The Balaban J connectivity index is 1.74. The Hall–Kier alpha value is -1.84. The van der Waals surface area contributed by atoms with Crippen LogP contribution in [0.15, 0.2) is 30.3 Å². The molecule has 1 saturated heterocycles. The van der Waals surface area contributed by atoms with Gasteiger partial charge in [0.15, 0.2) is 6.61 Å². The van der Waals surface area contributed by atoms with Crippen LogP contribution in [0.1, 0.15) is 25.3 Å². The van der Waals surface area contributed by atoms with Crippen LogP contribution in [0.5, 0.6) is 0 Å². The lowest BCUT2D eigenvalue weighted by atomic mass is 10.0. The molecule has 4 heteroatoms. The van der Waals surface area contributed by atoms with Crippen molar-refractivity contribution in [2.45, 2.75) is 26.2 Å². The van der Waals surface area contributed by atoms with Gasteiger partial charge in [0.2, 0.25) is 0 Å². The number of carbonyl (C=O) groups excluding carboxylic acids is 2. The van der Waals surface area contributed by atoms with Crippen LogP contribution >= 0.6 is 0 Å². The van der Waals surface area contributed by atoms with Crippen LogP contribution in [0.25, 0.3) is 0 Å². The van der Waals surface area contributed by atoms with Gasteiger partial charge in [0.25, 0.3) is 5.91 Å². The van der Waals surface area contributed by atoms with Crippen molar-refractivity contribution in [3.8, 4) is 0 Å². The van der Waals surface area contributed by atoms with E-state index in [0.29, 0.717) is 5.92 Å². The highest BCUT2D eigenvalue weighted by molar-refractivity contribution is 5.81. The zero-order valence-corrected chi connectivity index (χ0v) is 11.9. The number of rotatable bonds is 4. The van der Waals surface area contributed by atoms with Crippen molar-refractivity contribution < 1.29 is 14.3 Å². The molecule has 1 aliphatic heterocycles. The quantitative estimate of drug-likeness (QED) is 0.790. The largest absolute Gasteiger partial charge is 0.455 e. The smallest absolute Gasteiger partial charge is 0.310 e. The van der Waals surface area contributed by atoms with Crippen molar-refractivity contribution in [3.05, 3.63) is 35.9 Å². The van der Waals surface area contributed by atoms with E-state index in [9.17, 15) is 9.59 Å². The molecule has 1 fully saturated rings. The van der Waals surface area contributed by atoms with E-state index in [4.69, 9.17) is 4.74 Å². The third-order valence-corrected chi connectivity index (χ3v) is 3.56. The van der Waals surface area contributed by atoms with Crippen molar-refractivity contribution in [1.29, 1.82) is 0 Å². The van der Waals surface area contributed by atoms with Crippen molar-refractivity contribution in [3.63, 3.8) is 0 Å². The van der Waals surface area contributed by atoms with Crippen LogP contribution in [0, 0.1) is 5.92 Å². The topological polar surface area (TPSA) is 46.6 Å². The molecule has 2 rings (SSSR count). The summed E-state index contributed by atoms with van der Waals surface area (Å²) in [7, 11) is 0. The first kappa shape index (κ1) is 14.6. The van der Waals surface area contributed by atoms with Gasteiger partial charge in [-0.25, -0.2) is 0 Å². The summed E-state index contributed by atoms with van der Waals surface area (Å²) in [5, 5.41) is 0. The molecule has 1 aromatic carbocycles. The van der Waals surface area contributed by atoms with E-state index < -0.39 is 0 Å². The van der Waals surface area contributed by atoms with Gasteiger partial charge in [0.1, 0.15) is 0 Å². The minimum absolute atomic E-state index is 0.0852. The Morgan fingerprint density at radius 1 is 1.30 bits per heavy atom. The van der Waals surface area contributed by atoms with Crippen molar-refractivity contribution >= 4 is 11.9 Å². The summed E-state index contributed by atoms with van der Waals surface area (Å²) in [6.07, 6.45) is 2.41. The van der Waals surface area contributed by atoms with E-state index in [2.05, 4.69) is 6.92 Å². The number of piperidine rings is 1. The lowest BCUT2D eigenvalue weighted by molar-refractivity contribution is -0.152. The molecule has 0 aromatic heterocycles. The van der Waals surface area contributed by atoms with Gasteiger partial charge < -0.3 is 9.64 Å². The predicted octanol–water partition coefficient (Wildman–Crippen LogP) is 2.03. The zero-order valence-electron chi connectivity index (χ0n) is 11.9. The van der Waals surface area contributed by atoms with Gasteiger partial charge >= 0.3 is 5.97 Å². The molecule has 20 heavy (non-hydrogen) atoms. The van der Waals surface area contributed by atoms with E-state index in [1.807, 2.05) is 30.3 Å². The molecule has 108 valence electrons. The average molecular weight is 275 g/mol. The first-order valence-electron chi connectivity index (χ1n) is 7.12. The Morgan fingerprint density at radius 2 is 2.05 bits per heavy atom. The van der Waals surface area contributed by atoms with Gasteiger partial charge in [0, 0.05) is 13.1 Å². The van der Waals surface area contributed by atoms with E-state index in [1.165, 1.54) is 0 Å². The summed E-state index contributed by atoms with van der Waals surface area (Å²) in [5.74, 6) is 0.0975. The second-order valence-corrected chi connectivity index (χ2v) is 5.41. The second-order valence-electron chi connectivity index (χ2n) is 5.41. The van der Waals surface area contributed by atoms with E-state index in [0.717, 1.165) is 31.5 Å². The molecule has 0 saturated carbocycles. The molecular weight excluding hydrogens is 254 g/mol. The van der Waals surface area contributed by atoms with Gasteiger partial charge in [0.05, 0.1) is 6.42 Å². The maximum Gasteiger partial charge on any atom is 0.310 e. The fourth-order valence-electron chi connectivity index (χ4n) is 2.46. The fraction of sp³-hybridized carbons (Fsp3) is 0.500. The maximum absolute atomic E-state index is 11.9. The molecule has 1 atom stereocenters. The van der Waals surface area contributed by atoms with Crippen LogP contribution < -0.4 is 0 Å². The minimum atomic E-state index is -0.352. The molecule has 1 aromatic rings. The number of hydrogen-bond acceptors (Lipinski definition) is 3. The number of amides is 1. The standard InChI is InChI=1S/C16H21NO3/c1-13-6-5-9-17(11-13)15(18)12-20-16(19)10-14-7-3-2-4-8-14/h2-4,7-8,13H,5-6,9-12H2,1H3. The Kier molecular flexibility index (Phi) is 5.16.